The molecule has 9 aromatic carbocycles. The number of likely N-dealkylation sites (N-methyl/N-ethyl adjacent to an activating group) is 1. The number of nitrogens with zero attached hydrogens (tertiary/aromatic N) is 18. The highest BCUT2D eigenvalue weighted by molar-refractivity contribution is 5.92. The Morgan fingerprint density at radius 2 is 0.669 bits per heavy atom. The predicted octanol–water partition coefficient (Wildman–Crippen LogP) is 14.7. The molecule has 3 atom stereocenters. The summed E-state index contributed by atoms with van der Waals surface area (Å²) in [4.78, 5) is 133. The van der Waals surface area contributed by atoms with Crippen molar-refractivity contribution in [3.63, 3.8) is 0 Å². The highest BCUT2D eigenvalue weighted by atomic mass is 16.5. The van der Waals surface area contributed by atoms with E-state index in [0.29, 0.717) is 112 Å². The number of carbonyl (C=O) groups excluding carboxylic acids is 4. The molecular weight excluding hydrogens is 1760 g/mol. The van der Waals surface area contributed by atoms with E-state index in [9.17, 15) is 24.0 Å². The Balaban J connectivity index is 0.000000167. The number of benzene rings is 9. The fourth-order valence-electron chi connectivity index (χ4n) is 15.6. The number of aromatic amines is 1. The van der Waals surface area contributed by atoms with Crippen LogP contribution in [0.25, 0.3) is 14.5 Å². The Morgan fingerprint density at radius 3 is 0.993 bits per heavy atom. The van der Waals surface area contributed by atoms with Gasteiger partial charge >= 0.3 is 17.9 Å². The Labute approximate surface area is 806 Å². The molecule has 13 aromatic rings. The highest BCUT2D eigenvalue weighted by Crippen LogP contribution is 2.28. The normalized spacial score (nSPS) is 13.8. The van der Waals surface area contributed by atoms with Crippen molar-refractivity contribution >= 4 is 111 Å². The van der Waals surface area contributed by atoms with E-state index < -0.39 is 41.6 Å². The zero-order valence-electron chi connectivity index (χ0n) is 77.8. The Morgan fingerprint density at radius 1 is 0.360 bits per heavy atom. The van der Waals surface area contributed by atoms with Gasteiger partial charge in [0.1, 0.15) is 18.1 Å². The first-order valence-corrected chi connectivity index (χ1v) is 45.7. The molecule has 0 aliphatic carbocycles. The maximum Gasteiger partial charge on any atom is 0.328 e. The van der Waals surface area contributed by atoms with Crippen LogP contribution in [0.4, 0.5) is 87.7 Å². The fraction of sp³-hybridized carbons (Fsp3) is 0.282. The first-order valence-electron chi connectivity index (χ1n) is 45.7. The molecule has 710 valence electrons. The minimum absolute atomic E-state index is 0.0992. The molecule has 0 bridgehead atoms. The molecule has 36 nitrogen and oxygen atoms in total. The Hall–Kier alpha value is -16.7. The molecule has 10 N–H and O–H groups in total. The van der Waals surface area contributed by atoms with E-state index in [1.54, 1.807) is 53.4 Å². The maximum absolute atomic E-state index is 12.9. The van der Waals surface area contributed by atoms with Crippen molar-refractivity contribution in [2.24, 2.45) is 0 Å². The van der Waals surface area contributed by atoms with E-state index in [2.05, 4.69) is 168 Å². The first-order chi connectivity index (χ1) is 67.9. The van der Waals surface area contributed by atoms with Crippen molar-refractivity contribution in [3.05, 3.63) is 349 Å². The summed E-state index contributed by atoms with van der Waals surface area (Å²) in [5.74, 6) is 0.785. The standard InChI is InChI=1S/C37H37N11O4.C33H37N9O2.C33H36N8O2/c1-38-28-13-11-25(12-14-28)22-30(34(51)52-2)43-37-45-35(41-23-26-7-4-3-5-8-26)44-36(46-37)42-29-10-6-9-27(21-29)24-47-17-19-48(20-18-47)33(50)31-32(49)40-16-15-39-31;1-34-27-14-12-24(13-15-27)21-29(30(43)44-3)37-33-39-31(35-22-25-8-5-4-6-9-25)38-32(40-33)36-28-11-7-10-26(20-28)23-42-18-16-41(2)17-19-42;1-34-27-16-14-24(15-17-27)21-29(30(42)43-2)37-33-39-31(35-22-25-10-5-3-6-11-25)38-32(40-33)36-28-13-9-12-26(20-28)23-41-18-7-4-8-19-41/h3-16,21,30H,17-20,22-24H2,2H3,(H,40,49)(H3,41,42,43,44,45,46);4-15,20,29H,16-19,21-23H2,2-3H3,(H3,35,36,37,38,39,40);3,5-6,9-17,20,29H,4,7-8,18-19,21-23H2,2H3,(H3,35,36,37,38,39,40)/t30-;2*29-/m000/s1. The number of rotatable bonds is 37. The lowest BCUT2D eigenvalue weighted by molar-refractivity contribution is -0.142. The number of likely N-dealkylation sites (tertiary alicyclic amines) is 1. The van der Waals surface area contributed by atoms with Crippen LogP contribution in [0.1, 0.15) is 79.8 Å². The van der Waals surface area contributed by atoms with Crippen molar-refractivity contribution in [3.8, 4) is 0 Å². The number of ether oxygens (including phenoxy) is 3. The van der Waals surface area contributed by atoms with Crippen LogP contribution < -0.4 is 53.4 Å². The molecule has 3 aliphatic heterocycles. The summed E-state index contributed by atoms with van der Waals surface area (Å²) in [7, 11) is 6.18. The van der Waals surface area contributed by atoms with Gasteiger partial charge in [-0.05, 0) is 119 Å². The number of anilines is 12. The minimum Gasteiger partial charge on any atom is -0.467 e. The molecule has 0 saturated carbocycles. The minimum atomic E-state index is -0.815. The summed E-state index contributed by atoms with van der Waals surface area (Å²) in [6.45, 7) is 34.2. The number of piperazine rings is 2. The summed E-state index contributed by atoms with van der Waals surface area (Å²) >= 11 is 0. The van der Waals surface area contributed by atoms with E-state index in [1.165, 1.54) is 64.1 Å². The number of carbonyl (C=O) groups is 4. The summed E-state index contributed by atoms with van der Waals surface area (Å²) in [6.07, 6.45) is 7.53. The number of methoxy groups -OCH3 is 3. The lowest BCUT2D eigenvalue weighted by Crippen LogP contribution is -2.49. The number of nitrogens with one attached hydrogen (secondary N) is 10. The summed E-state index contributed by atoms with van der Waals surface area (Å²) in [6, 6.07) is 73.0. The molecule has 16 rings (SSSR count). The van der Waals surface area contributed by atoms with Crippen LogP contribution in [0.15, 0.2) is 254 Å². The van der Waals surface area contributed by atoms with Crippen LogP contribution in [-0.4, -0.2) is 215 Å². The van der Waals surface area contributed by atoms with Gasteiger partial charge in [0, 0.05) is 140 Å². The smallest absolute Gasteiger partial charge is 0.328 e. The van der Waals surface area contributed by atoms with Crippen LogP contribution in [0.3, 0.4) is 0 Å². The molecule has 3 fully saturated rings. The van der Waals surface area contributed by atoms with Gasteiger partial charge in [0.25, 0.3) is 11.5 Å². The monoisotopic (exact) mass is 1870 g/mol. The van der Waals surface area contributed by atoms with Gasteiger partial charge in [-0.2, -0.15) is 44.9 Å². The summed E-state index contributed by atoms with van der Waals surface area (Å²) < 4.78 is 15.3. The van der Waals surface area contributed by atoms with Gasteiger partial charge in [-0.15, -0.1) is 0 Å². The van der Waals surface area contributed by atoms with Crippen LogP contribution in [0.5, 0.6) is 0 Å². The van der Waals surface area contributed by atoms with Crippen LogP contribution in [0.2, 0.25) is 0 Å². The number of hydrogen-bond acceptors (Lipinski definition) is 31. The Kier molecular flexibility index (Phi) is 35.8. The van der Waals surface area contributed by atoms with Gasteiger partial charge in [-0.3, -0.25) is 24.3 Å². The molecule has 4 aromatic heterocycles. The van der Waals surface area contributed by atoms with Crippen molar-refractivity contribution < 1.29 is 33.4 Å². The number of esters is 3. The summed E-state index contributed by atoms with van der Waals surface area (Å²) in [5.41, 5.74) is 12.7. The van der Waals surface area contributed by atoms with Gasteiger partial charge in [0.2, 0.25) is 53.5 Å². The van der Waals surface area contributed by atoms with Gasteiger partial charge in [0.15, 0.2) is 22.8 Å². The molecule has 3 aliphatic rings. The molecule has 1 amide bonds. The second-order valence-electron chi connectivity index (χ2n) is 33.3. The van der Waals surface area contributed by atoms with Gasteiger partial charge in [0.05, 0.1) is 41.0 Å². The SMILES string of the molecule is [C-]#[N+]c1ccc(C[C@H](Nc2nc(NCc3ccccc3)nc(Nc3cccc(CN4CCCCC4)c3)n2)C(=O)OC)cc1.[C-]#[N+]c1ccc(C[C@H](Nc2nc(NCc3ccccc3)nc(Nc3cccc(CN4CCN(C(=O)c5ncc[nH]c5=O)CC4)c3)n2)C(=O)OC)cc1.[C-]#[N+]c1ccc(C[C@H](Nc2nc(NCc3ccccc3)nc(Nc3cccc(CN4CCN(C)CC4)c3)n2)C(=O)OC)cc1. The maximum atomic E-state index is 12.9. The topological polar surface area (TPSA) is 395 Å². The third-order valence-electron chi connectivity index (χ3n) is 23.1. The van der Waals surface area contributed by atoms with E-state index in [4.69, 9.17) is 33.9 Å². The molecule has 0 spiro atoms. The fourth-order valence-corrected chi connectivity index (χ4v) is 15.6. The zero-order chi connectivity index (χ0) is 96.9. The second kappa shape index (κ2) is 50.6. The molecule has 139 heavy (non-hydrogen) atoms. The number of hydrogen-bond donors (Lipinski definition) is 10. The molecule has 0 radical (unpaired) electrons. The average Bonchev–Trinajstić information content (AvgIpc) is 0.832. The molecule has 36 heteroatoms. The van der Waals surface area contributed by atoms with E-state index in [1.807, 2.05) is 164 Å². The number of aromatic nitrogens is 11. The third kappa shape index (κ3) is 30.6. The lowest BCUT2D eigenvalue weighted by atomic mass is 10.1. The largest absolute Gasteiger partial charge is 0.467 e. The van der Waals surface area contributed by atoms with Crippen LogP contribution in [0, 0.1) is 19.7 Å². The van der Waals surface area contributed by atoms with E-state index in [-0.39, 0.29) is 41.8 Å². The van der Waals surface area contributed by atoms with Gasteiger partial charge < -0.3 is 76.8 Å². The molecule has 0 unspecified atom stereocenters. The third-order valence-corrected chi connectivity index (χ3v) is 23.1. The molecule has 7 heterocycles. The van der Waals surface area contributed by atoms with Crippen molar-refractivity contribution in [1.29, 1.82) is 0 Å². The van der Waals surface area contributed by atoms with Gasteiger partial charge in [-0.25, -0.2) is 33.9 Å². The number of H-pyrrole nitrogens is 1. The number of piperidine rings is 1. The molecular formula is C103H110N28O8. The summed E-state index contributed by atoms with van der Waals surface area (Å²) in [5, 5.41) is 29.2. The lowest BCUT2D eigenvalue weighted by Gasteiger charge is -2.34. The Bertz CT molecular complexity index is 6410. The van der Waals surface area contributed by atoms with Gasteiger partial charge in [-0.1, -0.05) is 207 Å². The average molecular weight is 1870 g/mol. The van der Waals surface area contributed by atoms with Crippen molar-refractivity contribution in [2.45, 2.75) is 95.9 Å². The van der Waals surface area contributed by atoms with E-state index >= 15 is 0 Å². The quantitative estimate of drug-likeness (QED) is 0.00982. The highest BCUT2D eigenvalue weighted by Gasteiger charge is 2.29. The molecule has 3 saturated heterocycles. The van der Waals surface area contributed by atoms with Crippen LogP contribution in [-0.2, 0) is 87.1 Å². The first kappa shape index (κ1) is 98.3. The zero-order valence-corrected chi connectivity index (χ0v) is 77.8. The van der Waals surface area contributed by atoms with Crippen molar-refractivity contribution in [2.75, 3.05) is 142 Å². The number of amides is 1. The van der Waals surface area contributed by atoms with Crippen LogP contribution >= 0.6 is 0 Å². The predicted molar refractivity (Wildman–Crippen MR) is 535 cm³/mol. The van der Waals surface area contributed by atoms with E-state index in [0.717, 1.165) is 108 Å². The van der Waals surface area contributed by atoms with Crippen molar-refractivity contribution in [1.82, 2.24) is 79.3 Å². The second-order valence-corrected chi connectivity index (χ2v) is 33.3.